The van der Waals surface area contributed by atoms with E-state index in [9.17, 15) is 4.79 Å². The van der Waals surface area contributed by atoms with Crippen LogP contribution in [-0.2, 0) is 11.2 Å². The van der Waals surface area contributed by atoms with Gasteiger partial charge in [0.05, 0.1) is 18.2 Å². The van der Waals surface area contributed by atoms with Gasteiger partial charge in [-0.2, -0.15) is 11.3 Å². The average Bonchev–Trinajstić information content (AvgIpc) is 3.28. The zero-order valence-corrected chi connectivity index (χ0v) is 16.1. The summed E-state index contributed by atoms with van der Waals surface area (Å²) in [6, 6.07) is 6.09. The number of furan rings is 1. The molecule has 5 nitrogen and oxygen atoms in total. The SMILES string of the molecule is Cc1ccc(-c2nc(CC(=O)NCC(c3ccsc3)N(C)C)cs2)o1. The largest absolute Gasteiger partial charge is 0.459 e. The molecular weight excluding hydrogens is 354 g/mol. The van der Waals surface area contributed by atoms with Crippen LogP contribution in [0.15, 0.2) is 38.8 Å². The smallest absolute Gasteiger partial charge is 0.226 e. The molecule has 0 aliphatic rings. The van der Waals surface area contributed by atoms with Gasteiger partial charge >= 0.3 is 0 Å². The summed E-state index contributed by atoms with van der Waals surface area (Å²) in [5, 5.41) is 9.91. The zero-order chi connectivity index (χ0) is 17.8. The van der Waals surface area contributed by atoms with E-state index in [2.05, 4.69) is 32.0 Å². The van der Waals surface area contributed by atoms with Crippen molar-refractivity contribution in [3.8, 4) is 10.8 Å². The number of rotatable bonds is 7. The van der Waals surface area contributed by atoms with Crippen LogP contribution in [0.1, 0.15) is 23.1 Å². The van der Waals surface area contributed by atoms with Crippen LogP contribution in [0.2, 0.25) is 0 Å². The molecule has 3 rings (SSSR count). The molecule has 0 bridgehead atoms. The van der Waals surface area contributed by atoms with E-state index in [4.69, 9.17) is 4.42 Å². The Morgan fingerprint density at radius 3 is 2.80 bits per heavy atom. The van der Waals surface area contributed by atoms with Gasteiger partial charge in [0, 0.05) is 11.9 Å². The molecule has 1 N–H and O–H groups in total. The number of carbonyl (C=O) groups is 1. The molecule has 1 unspecified atom stereocenters. The van der Waals surface area contributed by atoms with E-state index in [0.29, 0.717) is 6.54 Å². The predicted molar refractivity (Wildman–Crippen MR) is 102 cm³/mol. The molecule has 1 atom stereocenters. The summed E-state index contributed by atoms with van der Waals surface area (Å²) in [5.41, 5.74) is 1.99. The first-order valence-electron chi connectivity index (χ1n) is 7.99. The second kappa shape index (κ2) is 7.95. The third-order valence-corrected chi connectivity index (χ3v) is 5.50. The van der Waals surface area contributed by atoms with Crippen LogP contribution in [-0.4, -0.2) is 36.4 Å². The van der Waals surface area contributed by atoms with Crippen molar-refractivity contribution >= 4 is 28.6 Å². The number of amides is 1. The number of aromatic nitrogens is 1. The summed E-state index contributed by atoms with van der Waals surface area (Å²) < 4.78 is 5.58. The van der Waals surface area contributed by atoms with E-state index in [0.717, 1.165) is 22.2 Å². The molecule has 3 heterocycles. The molecule has 7 heteroatoms. The van der Waals surface area contributed by atoms with E-state index in [-0.39, 0.29) is 18.4 Å². The van der Waals surface area contributed by atoms with Crippen molar-refractivity contribution in [1.29, 1.82) is 0 Å². The highest BCUT2D eigenvalue weighted by atomic mass is 32.1. The molecule has 3 aromatic rings. The maximum Gasteiger partial charge on any atom is 0.226 e. The first-order chi connectivity index (χ1) is 12.0. The van der Waals surface area contributed by atoms with Gasteiger partial charge in [0.2, 0.25) is 5.91 Å². The topological polar surface area (TPSA) is 58.4 Å². The molecule has 0 saturated heterocycles. The summed E-state index contributed by atoms with van der Waals surface area (Å²) in [4.78, 5) is 18.9. The van der Waals surface area contributed by atoms with Crippen LogP contribution in [0.25, 0.3) is 10.8 Å². The summed E-state index contributed by atoms with van der Waals surface area (Å²) in [5.74, 6) is 1.58. The van der Waals surface area contributed by atoms with Crippen LogP contribution in [0.3, 0.4) is 0 Å². The maximum absolute atomic E-state index is 12.3. The van der Waals surface area contributed by atoms with Crippen molar-refractivity contribution in [3.63, 3.8) is 0 Å². The van der Waals surface area contributed by atoms with Gasteiger partial charge in [-0.15, -0.1) is 11.3 Å². The molecule has 25 heavy (non-hydrogen) atoms. The minimum Gasteiger partial charge on any atom is -0.459 e. The maximum atomic E-state index is 12.3. The molecule has 132 valence electrons. The van der Waals surface area contributed by atoms with Gasteiger partial charge in [-0.3, -0.25) is 4.79 Å². The third kappa shape index (κ3) is 4.56. The highest BCUT2D eigenvalue weighted by Crippen LogP contribution is 2.25. The standard InChI is InChI=1S/C18H21N3O2S2/c1-12-4-5-16(23-12)18-20-14(11-25-18)8-17(22)19-9-15(21(2)3)13-6-7-24-10-13/h4-7,10-11,15H,8-9H2,1-3H3,(H,19,22). The lowest BCUT2D eigenvalue weighted by atomic mass is 10.1. The fourth-order valence-corrected chi connectivity index (χ4v) is 4.04. The first kappa shape index (κ1) is 17.8. The monoisotopic (exact) mass is 375 g/mol. The first-order valence-corrected chi connectivity index (χ1v) is 9.81. The molecule has 0 radical (unpaired) electrons. The van der Waals surface area contributed by atoms with Crippen LogP contribution < -0.4 is 5.32 Å². The van der Waals surface area contributed by atoms with Gasteiger partial charge in [0.1, 0.15) is 5.76 Å². The number of likely N-dealkylation sites (N-methyl/N-ethyl adjacent to an activating group) is 1. The second-order valence-corrected chi connectivity index (χ2v) is 7.71. The van der Waals surface area contributed by atoms with Crippen molar-refractivity contribution in [2.75, 3.05) is 20.6 Å². The van der Waals surface area contributed by atoms with Crippen molar-refractivity contribution in [2.24, 2.45) is 0 Å². The molecule has 0 aliphatic heterocycles. The lowest BCUT2D eigenvalue weighted by Crippen LogP contribution is -2.35. The number of hydrogen-bond acceptors (Lipinski definition) is 6. The zero-order valence-electron chi connectivity index (χ0n) is 14.5. The minimum atomic E-state index is -0.0189. The number of aryl methyl sites for hydroxylation is 1. The Morgan fingerprint density at radius 2 is 2.16 bits per heavy atom. The Balaban J connectivity index is 1.56. The average molecular weight is 376 g/mol. The lowest BCUT2D eigenvalue weighted by Gasteiger charge is -2.23. The van der Waals surface area contributed by atoms with E-state index in [1.165, 1.54) is 16.9 Å². The molecule has 3 aromatic heterocycles. The fraction of sp³-hybridized carbons (Fsp3) is 0.333. The minimum absolute atomic E-state index is 0.0189. The number of carbonyl (C=O) groups excluding carboxylic acids is 1. The molecule has 0 fully saturated rings. The van der Waals surface area contributed by atoms with Crippen molar-refractivity contribution in [2.45, 2.75) is 19.4 Å². The highest BCUT2D eigenvalue weighted by molar-refractivity contribution is 7.13. The number of thiophene rings is 1. The van der Waals surface area contributed by atoms with Gasteiger partial charge in [0.15, 0.2) is 10.8 Å². The van der Waals surface area contributed by atoms with Crippen LogP contribution in [0.4, 0.5) is 0 Å². The molecule has 0 aliphatic carbocycles. The predicted octanol–water partition coefficient (Wildman–Crippen LogP) is 3.73. The van der Waals surface area contributed by atoms with Crippen molar-refractivity contribution in [3.05, 3.63) is 51.4 Å². The number of thiazole rings is 1. The van der Waals surface area contributed by atoms with Gasteiger partial charge in [0.25, 0.3) is 0 Å². The van der Waals surface area contributed by atoms with Gasteiger partial charge in [-0.1, -0.05) is 0 Å². The Labute approximate surface area is 155 Å². The fourth-order valence-electron chi connectivity index (χ4n) is 2.55. The molecule has 1 amide bonds. The molecular formula is C18H21N3O2S2. The number of nitrogens with zero attached hydrogens (tertiary/aromatic N) is 2. The third-order valence-electron chi connectivity index (χ3n) is 3.89. The van der Waals surface area contributed by atoms with E-state index in [1.54, 1.807) is 11.3 Å². The Morgan fingerprint density at radius 1 is 1.32 bits per heavy atom. The molecule has 0 spiro atoms. The van der Waals surface area contributed by atoms with Crippen molar-refractivity contribution < 1.29 is 9.21 Å². The van der Waals surface area contributed by atoms with Gasteiger partial charge < -0.3 is 14.6 Å². The van der Waals surface area contributed by atoms with Crippen LogP contribution in [0, 0.1) is 6.92 Å². The Kier molecular flexibility index (Phi) is 5.67. The van der Waals surface area contributed by atoms with Crippen LogP contribution >= 0.6 is 22.7 Å². The van der Waals surface area contributed by atoms with Gasteiger partial charge in [-0.05, 0) is 55.5 Å². The van der Waals surface area contributed by atoms with E-state index in [1.807, 2.05) is 38.5 Å². The Bertz CT molecular complexity index is 821. The lowest BCUT2D eigenvalue weighted by molar-refractivity contribution is -0.120. The molecule has 0 saturated carbocycles. The van der Waals surface area contributed by atoms with E-state index >= 15 is 0 Å². The molecule has 0 aromatic carbocycles. The quantitative estimate of drug-likeness (QED) is 0.683. The summed E-state index contributed by atoms with van der Waals surface area (Å²) in [6.07, 6.45) is 0.278. The van der Waals surface area contributed by atoms with Crippen LogP contribution in [0.5, 0.6) is 0 Å². The second-order valence-electron chi connectivity index (χ2n) is 6.07. The van der Waals surface area contributed by atoms with Crippen molar-refractivity contribution in [1.82, 2.24) is 15.2 Å². The Hall–Kier alpha value is -1.96. The van der Waals surface area contributed by atoms with Gasteiger partial charge in [-0.25, -0.2) is 4.98 Å². The normalized spacial score (nSPS) is 12.5. The van der Waals surface area contributed by atoms with E-state index < -0.39 is 0 Å². The summed E-state index contributed by atoms with van der Waals surface area (Å²) in [7, 11) is 4.04. The summed E-state index contributed by atoms with van der Waals surface area (Å²) in [6.45, 7) is 2.48. The number of nitrogens with one attached hydrogen (secondary N) is 1. The number of hydrogen-bond donors (Lipinski definition) is 1. The highest BCUT2D eigenvalue weighted by Gasteiger charge is 2.16. The summed E-state index contributed by atoms with van der Waals surface area (Å²) >= 11 is 3.16.